The van der Waals surface area contributed by atoms with Crippen LogP contribution in [0.15, 0.2) is 53.2 Å². The number of carbonyl (C=O) groups excluding carboxylic acids is 1. The highest BCUT2D eigenvalue weighted by Gasteiger charge is 2.34. The number of halogens is 2. The molecule has 0 radical (unpaired) electrons. The number of nitrogens with zero attached hydrogens (tertiary/aromatic N) is 5. The summed E-state index contributed by atoms with van der Waals surface area (Å²) in [6.07, 6.45) is 4.49. The minimum Gasteiger partial charge on any atom is -0.440 e. The van der Waals surface area contributed by atoms with Gasteiger partial charge in [0.15, 0.2) is 11.5 Å². The molecule has 1 aliphatic heterocycles. The summed E-state index contributed by atoms with van der Waals surface area (Å²) < 4.78 is 33.4. The first kappa shape index (κ1) is 19.3. The molecule has 4 aromatic rings. The molecular weight excluding hydrogens is 404 g/mol. The summed E-state index contributed by atoms with van der Waals surface area (Å²) in [7, 11) is 0. The van der Waals surface area contributed by atoms with Crippen molar-refractivity contribution in [2.75, 3.05) is 6.54 Å². The van der Waals surface area contributed by atoms with Crippen molar-refractivity contribution in [1.82, 2.24) is 24.9 Å². The fraction of sp³-hybridized carbons (Fsp3) is 0.273. The van der Waals surface area contributed by atoms with Crippen molar-refractivity contribution >= 4 is 17.0 Å². The Balaban J connectivity index is 1.47. The van der Waals surface area contributed by atoms with E-state index in [-0.39, 0.29) is 29.2 Å². The fourth-order valence-electron chi connectivity index (χ4n) is 4.03. The maximum absolute atomic E-state index is 14.0. The number of aromatic nitrogens is 4. The van der Waals surface area contributed by atoms with Crippen LogP contribution < -0.4 is 0 Å². The molecule has 1 aliphatic rings. The van der Waals surface area contributed by atoms with Crippen molar-refractivity contribution in [3.63, 3.8) is 0 Å². The largest absolute Gasteiger partial charge is 0.440 e. The van der Waals surface area contributed by atoms with E-state index in [1.807, 2.05) is 6.92 Å². The van der Waals surface area contributed by atoms with Crippen molar-refractivity contribution in [3.05, 3.63) is 71.9 Å². The van der Waals surface area contributed by atoms with Gasteiger partial charge in [0, 0.05) is 18.7 Å². The van der Waals surface area contributed by atoms with Gasteiger partial charge < -0.3 is 9.32 Å². The third-order valence-corrected chi connectivity index (χ3v) is 5.68. The van der Waals surface area contributed by atoms with Gasteiger partial charge >= 0.3 is 0 Å². The van der Waals surface area contributed by atoms with Crippen LogP contribution in [0, 0.1) is 11.6 Å². The van der Waals surface area contributed by atoms with E-state index in [1.54, 1.807) is 11.0 Å². The van der Waals surface area contributed by atoms with Gasteiger partial charge in [-0.25, -0.2) is 13.8 Å². The summed E-state index contributed by atoms with van der Waals surface area (Å²) in [6.45, 7) is 2.32. The molecule has 9 heteroatoms. The van der Waals surface area contributed by atoms with Crippen LogP contribution in [0.3, 0.4) is 0 Å². The molecule has 7 nitrogen and oxygen atoms in total. The topological polar surface area (TPSA) is 77.0 Å². The van der Waals surface area contributed by atoms with Crippen molar-refractivity contribution in [3.8, 4) is 5.69 Å². The normalized spacial score (nSPS) is 19.1. The SMILES string of the molecule is C[C@@H]1CC[C@@H](c2nc3cc(F)ccc3o2)CN1C(=O)c1cc(F)ccc1-n1nccn1. The first-order chi connectivity index (χ1) is 15.0. The van der Waals surface area contributed by atoms with Crippen LogP contribution in [-0.2, 0) is 0 Å². The second-order valence-electron chi connectivity index (χ2n) is 7.72. The maximum atomic E-state index is 14.0. The lowest BCUT2D eigenvalue weighted by Gasteiger charge is -2.37. The molecule has 0 aliphatic carbocycles. The molecule has 2 aromatic carbocycles. The first-order valence-corrected chi connectivity index (χ1v) is 10.0. The van der Waals surface area contributed by atoms with Crippen LogP contribution in [-0.4, -0.2) is 43.4 Å². The monoisotopic (exact) mass is 423 g/mol. The third-order valence-electron chi connectivity index (χ3n) is 5.68. The number of rotatable bonds is 3. The van der Waals surface area contributed by atoms with E-state index in [2.05, 4.69) is 15.2 Å². The number of oxazole rings is 1. The Morgan fingerprint density at radius 3 is 2.61 bits per heavy atom. The van der Waals surface area contributed by atoms with Crippen LogP contribution in [0.5, 0.6) is 0 Å². The van der Waals surface area contributed by atoms with E-state index in [0.29, 0.717) is 29.2 Å². The zero-order chi connectivity index (χ0) is 21.5. The molecule has 0 bridgehead atoms. The van der Waals surface area contributed by atoms with E-state index in [1.165, 1.54) is 47.5 Å². The molecule has 0 N–H and O–H groups in total. The van der Waals surface area contributed by atoms with Gasteiger partial charge in [0.2, 0.25) is 0 Å². The van der Waals surface area contributed by atoms with Crippen molar-refractivity contribution in [1.29, 1.82) is 0 Å². The number of hydrogen-bond acceptors (Lipinski definition) is 5. The highest BCUT2D eigenvalue weighted by molar-refractivity contribution is 5.98. The lowest BCUT2D eigenvalue weighted by Crippen LogP contribution is -2.45. The molecule has 1 saturated heterocycles. The molecule has 1 amide bonds. The van der Waals surface area contributed by atoms with Gasteiger partial charge in [-0.1, -0.05) is 0 Å². The Morgan fingerprint density at radius 1 is 1.06 bits per heavy atom. The Hall–Kier alpha value is -3.62. The highest BCUT2D eigenvalue weighted by atomic mass is 19.1. The number of amides is 1. The molecule has 3 heterocycles. The van der Waals surface area contributed by atoms with E-state index in [9.17, 15) is 13.6 Å². The standard InChI is InChI=1S/C22H19F2N5O2/c1-13-2-3-14(21-27-18-11-16(24)5-7-20(18)31-21)12-28(13)22(30)17-10-15(23)4-6-19(17)29-25-8-9-26-29/h4-11,13-14H,2-3,12H2,1H3/t13-,14-/m1/s1. The molecule has 158 valence electrons. The van der Waals surface area contributed by atoms with Gasteiger partial charge in [-0.15, -0.1) is 0 Å². The summed E-state index contributed by atoms with van der Waals surface area (Å²) in [5.74, 6) is -0.881. The van der Waals surface area contributed by atoms with Crippen LogP contribution >= 0.6 is 0 Å². The molecular formula is C22H19F2N5O2. The van der Waals surface area contributed by atoms with E-state index in [0.717, 1.165) is 12.8 Å². The number of piperidine rings is 1. The second-order valence-corrected chi connectivity index (χ2v) is 7.72. The van der Waals surface area contributed by atoms with Crippen LogP contribution in [0.25, 0.3) is 16.8 Å². The molecule has 0 saturated carbocycles. The zero-order valence-corrected chi connectivity index (χ0v) is 16.7. The van der Waals surface area contributed by atoms with Crippen molar-refractivity contribution in [2.45, 2.75) is 31.7 Å². The quantitative estimate of drug-likeness (QED) is 0.496. The first-order valence-electron chi connectivity index (χ1n) is 10.0. The van der Waals surface area contributed by atoms with Crippen molar-refractivity contribution in [2.24, 2.45) is 0 Å². The van der Waals surface area contributed by atoms with Crippen LogP contribution in [0.1, 0.15) is 41.9 Å². The number of benzene rings is 2. The van der Waals surface area contributed by atoms with Gasteiger partial charge in [-0.2, -0.15) is 15.0 Å². The van der Waals surface area contributed by atoms with Gasteiger partial charge in [0.25, 0.3) is 5.91 Å². The molecule has 0 unspecified atom stereocenters. The van der Waals surface area contributed by atoms with Crippen LogP contribution in [0.2, 0.25) is 0 Å². The molecule has 0 spiro atoms. The van der Waals surface area contributed by atoms with Crippen LogP contribution in [0.4, 0.5) is 8.78 Å². The van der Waals surface area contributed by atoms with E-state index < -0.39 is 5.82 Å². The number of carbonyl (C=O) groups is 1. The summed E-state index contributed by atoms with van der Waals surface area (Å²) >= 11 is 0. The lowest BCUT2D eigenvalue weighted by molar-refractivity contribution is 0.0597. The Bertz CT molecular complexity index is 1250. The summed E-state index contributed by atoms with van der Waals surface area (Å²) in [5.41, 5.74) is 1.54. The average molecular weight is 423 g/mol. The van der Waals surface area contributed by atoms with Gasteiger partial charge in [-0.3, -0.25) is 4.79 Å². The highest BCUT2D eigenvalue weighted by Crippen LogP contribution is 2.33. The smallest absolute Gasteiger partial charge is 0.256 e. The van der Waals surface area contributed by atoms with Gasteiger partial charge in [-0.05, 0) is 50.1 Å². The molecule has 31 heavy (non-hydrogen) atoms. The third kappa shape index (κ3) is 3.56. The van der Waals surface area contributed by atoms with E-state index >= 15 is 0 Å². The van der Waals surface area contributed by atoms with Gasteiger partial charge in [0.05, 0.1) is 29.6 Å². The molecule has 2 aromatic heterocycles. The molecule has 2 atom stereocenters. The Morgan fingerprint density at radius 2 is 1.81 bits per heavy atom. The van der Waals surface area contributed by atoms with E-state index in [4.69, 9.17) is 4.42 Å². The second kappa shape index (κ2) is 7.57. The minimum absolute atomic E-state index is 0.0488. The summed E-state index contributed by atoms with van der Waals surface area (Å²) in [4.78, 5) is 20.9. The average Bonchev–Trinajstić information content (AvgIpc) is 3.43. The predicted octanol–water partition coefficient (Wildman–Crippen LogP) is 4.10. The molecule has 1 fully saturated rings. The van der Waals surface area contributed by atoms with Gasteiger partial charge in [0.1, 0.15) is 17.2 Å². The molecule has 5 rings (SSSR count). The number of likely N-dealkylation sites (tertiary alicyclic amines) is 1. The van der Waals surface area contributed by atoms with Crippen molar-refractivity contribution < 1.29 is 18.0 Å². The number of hydrogen-bond donors (Lipinski definition) is 0. The summed E-state index contributed by atoms with van der Waals surface area (Å²) in [5, 5.41) is 8.15. The minimum atomic E-state index is -0.513. The number of fused-ring (bicyclic) bond motifs is 1. The lowest BCUT2D eigenvalue weighted by atomic mass is 9.92. The fourth-order valence-corrected chi connectivity index (χ4v) is 4.03. The Kier molecular flexibility index (Phi) is 4.72. The maximum Gasteiger partial charge on any atom is 0.256 e. The Labute approximate surface area is 176 Å². The predicted molar refractivity (Wildman–Crippen MR) is 108 cm³/mol. The summed E-state index contributed by atoms with van der Waals surface area (Å²) in [6, 6.07) is 8.12. The zero-order valence-electron chi connectivity index (χ0n) is 16.7.